The molecule has 1 heterocycles. The lowest BCUT2D eigenvalue weighted by Gasteiger charge is -2.16. The lowest BCUT2D eigenvalue weighted by molar-refractivity contribution is -0.137. The minimum absolute atomic E-state index is 0.126. The molecule has 0 amide bonds. The number of rotatable bonds is 5. The van der Waals surface area contributed by atoms with E-state index in [2.05, 4.69) is 9.71 Å². The standard InChI is InChI=1S/C18H17F4N3O2S/c1-3-25-16-10-12(18(20,21)22)4-9-15(16)23-17(25)11(2)24-28(26,27)14-7-5-13(19)6-8-14/h4-11,24H,3H2,1-2H3/t11-/m1/s1. The molecule has 1 N–H and O–H groups in total. The molecule has 3 rings (SSSR count). The predicted molar refractivity (Wildman–Crippen MR) is 95.5 cm³/mol. The highest BCUT2D eigenvalue weighted by Crippen LogP contribution is 2.32. The fourth-order valence-corrected chi connectivity index (χ4v) is 4.15. The van der Waals surface area contributed by atoms with Crippen LogP contribution in [0.2, 0.25) is 0 Å². The highest BCUT2D eigenvalue weighted by atomic mass is 32.2. The minimum atomic E-state index is -4.49. The van der Waals surface area contributed by atoms with E-state index in [1.54, 1.807) is 13.8 Å². The summed E-state index contributed by atoms with van der Waals surface area (Å²) in [7, 11) is -3.97. The van der Waals surface area contributed by atoms with E-state index in [0.29, 0.717) is 12.1 Å². The van der Waals surface area contributed by atoms with E-state index in [-0.39, 0.29) is 16.2 Å². The van der Waals surface area contributed by atoms with Crippen molar-refractivity contribution in [2.24, 2.45) is 0 Å². The van der Waals surface area contributed by atoms with E-state index in [1.807, 2.05) is 0 Å². The highest BCUT2D eigenvalue weighted by molar-refractivity contribution is 7.89. The molecule has 0 saturated heterocycles. The van der Waals surface area contributed by atoms with Gasteiger partial charge in [0.15, 0.2) is 0 Å². The molecule has 10 heteroatoms. The van der Waals surface area contributed by atoms with Gasteiger partial charge in [-0.3, -0.25) is 0 Å². The van der Waals surface area contributed by atoms with Crippen molar-refractivity contribution < 1.29 is 26.0 Å². The largest absolute Gasteiger partial charge is 0.416 e. The molecule has 0 aliphatic rings. The molecule has 1 atom stereocenters. The molecular weight excluding hydrogens is 398 g/mol. The zero-order chi connectivity index (χ0) is 20.7. The molecule has 0 aliphatic heterocycles. The normalized spacial score (nSPS) is 13.8. The van der Waals surface area contributed by atoms with E-state index in [1.165, 1.54) is 10.6 Å². The smallest absolute Gasteiger partial charge is 0.327 e. The fraction of sp³-hybridized carbons (Fsp3) is 0.278. The van der Waals surface area contributed by atoms with Gasteiger partial charge in [-0.2, -0.15) is 13.2 Å². The van der Waals surface area contributed by atoms with Crippen LogP contribution in [0.3, 0.4) is 0 Å². The lowest BCUT2D eigenvalue weighted by atomic mass is 10.2. The van der Waals surface area contributed by atoms with Crippen LogP contribution in [-0.4, -0.2) is 18.0 Å². The Bertz CT molecular complexity index is 1110. The monoisotopic (exact) mass is 415 g/mol. The number of fused-ring (bicyclic) bond motifs is 1. The minimum Gasteiger partial charge on any atom is -0.327 e. The molecule has 3 aromatic rings. The van der Waals surface area contributed by atoms with Crippen LogP contribution in [0.5, 0.6) is 0 Å². The molecule has 0 fully saturated rings. The molecule has 150 valence electrons. The number of halogens is 4. The summed E-state index contributed by atoms with van der Waals surface area (Å²) < 4.78 is 81.0. The lowest BCUT2D eigenvalue weighted by Crippen LogP contribution is -2.28. The zero-order valence-electron chi connectivity index (χ0n) is 15.0. The van der Waals surface area contributed by atoms with Gasteiger partial charge in [-0.25, -0.2) is 22.5 Å². The Morgan fingerprint density at radius 2 is 1.79 bits per heavy atom. The molecule has 0 radical (unpaired) electrons. The van der Waals surface area contributed by atoms with Gasteiger partial charge in [0.2, 0.25) is 10.0 Å². The first-order valence-corrected chi connectivity index (χ1v) is 9.86. The number of alkyl halides is 3. The topological polar surface area (TPSA) is 64.0 Å². The van der Waals surface area contributed by atoms with Gasteiger partial charge in [-0.05, 0) is 56.3 Å². The third-order valence-corrected chi connectivity index (χ3v) is 5.82. The number of sulfonamides is 1. The number of hydrogen-bond acceptors (Lipinski definition) is 3. The average molecular weight is 415 g/mol. The number of hydrogen-bond donors (Lipinski definition) is 1. The van der Waals surface area contributed by atoms with Gasteiger partial charge in [0.25, 0.3) is 0 Å². The van der Waals surface area contributed by atoms with Crippen molar-refractivity contribution >= 4 is 21.1 Å². The van der Waals surface area contributed by atoms with Gasteiger partial charge in [-0.1, -0.05) is 0 Å². The van der Waals surface area contributed by atoms with Crippen LogP contribution in [0.15, 0.2) is 47.4 Å². The summed E-state index contributed by atoms with van der Waals surface area (Å²) in [4.78, 5) is 4.18. The summed E-state index contributed by atoms with van der Waals surface area (Å²) in [5.74, 6) is -0.289. The molecule has 0 saturated carbocycles. The van der Waals surface area contributed by atoms with Crippen molar-refractivity contribution in [2.75, 3.05) is 0 Å². The van der Waals surface area contributed by atoms with E-state index < -0.39 is 33.6 Å². The Labute approximate surface area is 159 Å². The van der Waals surface area contributed by atoms with Gasteiger partial charge >= 0.3 is 6.18 Å². The molecule has 28 heavy (non-hydrogen) atoms. The second-order valence-corrected chi connectivity index (χ2v) is 7.93. The van der Waals surface area contributed by atoms with Crippen LogP contribution >= 0.6 is 0 Å². The highest BCUT2D eigenvalue weighted by Gasteiger charge is 2.31. The van der Waals surface area contributed by atoms with Gasteiger partial charge < -0.3 is 4.57 Å². The Morgan fingerprint density at radius 1 is 1.14 bits per heavy atom. The summed E-state index contributed by atoms with van der Waals surface area (Å²) in [6.45, 7) is 3.57. The second kappa shape index (κ2) is 7.17. The van der Waals surface area contributed by atoms with Crippen molar-refractivity contribution in [2.45, 2.75) is 37.5 Å². The van der Waals surface area contributed by atoms with Crippen LogP contribution in [0.4, 0.5) is 17.6 Å². The molecule has 0 aliphatic carbocycles. The molecule has 0 unspecified atom stereocenters. The second-order valence-electron chi connectivity index (χ2n) is 6.21. The molecular formula is C18H17F4N3O2S. The van der Waals surface area contributed by atoms with Gasteiger partial charge in [0.05, 0.1) is 27.5 Å². The van der Waals surface area contributed by atoms with E-state index >= 15 is 0 Å². The number of imidazole rings is 1. The Hall–Kier alpha value is -2.46. The molecule has 2 aromatic carbocycles. The van der Waals surface area contributed by atoms with E-state index in [4.69, 9.17) is 0 Å². The number of nitrogens with one attached hydrogen (secondary N) is 1. The van der Waals surface area contributed by atoms with E-state index in [9.17, 15) is 26.0 Å². The molecule has 5 nitrogen and oxygen atoms in total. The third-order valence-electron chi connectivity index (χ3n) is 4.26. The summed E-state index contributed by atoms with van der Waals surface area (Å²) in [5, 5.41) is 0. The van der Waals surface area contributed by atoms with Crippen LogP contribution in [0.25, 0.3) is 11.0 Å². The van der Waals surface area contributed by atoms with Crippen LogP contribution < -0.4 is 4.72 Å². The molecule has 0 spiro atoms. The number of benzene rings is 2. The average Bonchev–Trinajstić information content (AvgIpc) is 2.99. The fourth-order valence-electron chi connectivity index (χ4n) is 2.95. The quantitative estimate of drug-likeness (QED) is 0.634. The molecule has 1 aromatic heterocycles. The first-order valence-electron chi connectivity index (χ1n) is 8.38. The number of aryl methyl sites for hydroxylation is 1. The van der Waals surface area contributed by atoms with Crippen LogP contribution in [0, 0.1) is 5.82 Å². The van der Waals surface area contributed by atoms with Crippen molar-refractivity contribution in [3.63, 3.8) is 0 Å². The zero-order valence-corrected chi connectivity index (χ0v) is 15.8. The predicted octanol–water partition coefficient (Wildman–Crippen LogP) is 4.25. The summed E-state index contributed by atoms with van der Waals surface area (Å²) in [5.41, 5.74) is -0.210. The Kier molecular flexibility index (Phi) is 5.20. The maximum Gasteiger partial charge on any atom is 0.416 e. The van der Waals surface area contributed by atoms with Crippen LogP contribution in [0.1, 0.15) is 31.3 Å². The Balaban J connectivity index is 1.99. The molecule has 0 bridgehead atoms. The third kappa shape index (κ3) is 3.88. The maximum absolute atomic E-state index is 13.0. The Morgan fingerprint density at radius 3 is 2.36 bits per heavy atom. The van der Waals surface area contributed by atoms with Crippen molar-refractivity contribution in [3.05, 3.63) is 59.7 Å². The van der Waals surface area contributed by atoms with Gasteiger partial charge in [0.1, 0.15) is 11.6 Å². The van der Waals surface area contributed by atoms with Crippen molar-refractivity contribution in [1.82, 2.24) is 14.3 Å². The SMILES string of the molecule is CCn1c([C@@H](C)NS(=O)(=O)c2ccc(F)cc2)nc2ccc(C(F)(F)F)cc21. The summed E-state index contributed by atoms with van der Waals surface area (Å²) in [6, 6.07) is 6.68. The van der Waals surface area contributed by atoms with Crippen LogP contribution in [-0.2, 0) is 22.7 Å². The van der Waals surface area contributed by atoms with Crippen molar-refractivity contribution in [1.29, 1.82) is 0 Å². The number of nitrogens with zero attached hydrogens (tertiary/aromatic N) is 2. The van der Waals surface area contributed by atoms with Crippen molar-refractivity contribution in [3.8, 4) is 0 Å². The number of aromatic nitrogens is 2. The summed E-state index contributed by atoms with van der Waals surface area (Å²) in [6.07, 6.45) is -4.49. The maximum atomic E-state index is 13.0. The first kappa shape index (κ1) is 20.3. The van der Waals surface area contributed by atoms with Gasteiger partial charge in [0, 0.05) is 6.54 Å². The summed E-state index contributed by atoms with van der Waals surface area (Å²) >= 11 is 0. The van der Waals surface area contributed by atoms with E-state index in [0.717, 1.165) is 36.4 Å². The first-order chi connectivity index (χ1) is 13.0. The van der Waals surface area contributed by atoms with Gasteiger partial charge in [-0.15, -0.1) is 0 Å².